The predicted octanol–water partition coefficient (Wildman–Crippen LogP) is 1.96. The van der Waals surface area contributed by atoms with Gasteiger partial charge in [0.2, 0.25) is 5.09 Å². The third-order valence-electron chi connectivity index (χ3n) is 2.65. The van der Waals surface area contributed by atoms with Crippen LogP contribution in [0.1, 0.15) is 24.6 Å². The molecule has 2 rings (SSSR count). The summed E-state index contributed by atoms with van der Waals surface area (Å²) in [4.78, 5) is 4.03. The van der Waals surface area contributed by atoms with E-state index in [0.717, 1.165) is 6.54 Å². The molecule has 0 radical (unpaired) electrons. The van der Waals surface area contributed by atoms with Gasteiger partial charge in [0.1, 0.15) is 10.8 Å². The van der Waals surface area contributed by atoms with Gasteiger partial charge in [-0.2, -0.15) is 0 Å². The van der Waals surface area contributed by atoms with E-state index in [4.69, 9.17) is 4.42 Å². The summed E-state index contributed by atoms with van der Waals surface area (Å²) in [6, 6.07) is 3.14. The Hall–Kier alpha value is -1.22. The molecule has 0 atom stereocenters. The lowest BCUT2D eigenvalue weighted by molar-refractivity contribution is 0.394. The van der Waals surface area contributed by atoms with Crippen LogP contribution in [0.5, 0.6) is 0 Å². The van der Waals surface area contributed by atoms with Gasteiger partial charge in [0.25, 0.3) is 10.0 Å². The molecule has 0 aliphatic carbocycles. The summed E-state index contributed by atoms with van der Waals surface area (Å²) >= 11 is 1.40. The summed E-state index contributed by atoms with van der Waals surface area (Å²) in [6.07, 6.45) is 1.64. The number of thiazole rings is 1. The molecule has 0 spiro atoms. The average Bonchev–Trinajstić information content (AvgIpc) is 3.07. The van der Waals surface area contributed by atoms with Crippen molar-refractivity contribution in [2.75, 3.05) is 6.54 Å². The van der Waals surface area contributed by atoms with Crippen LogP contribution in [0.15, 0.2) is 33.2 Å². The fraction of sp³-hybridized carbons (Fsp3) is 0.462. The van der Waals surface area contributed by atoms with Gasteiger partial charge in [-0.25, -0.2) is 18.1 Å². The van der Waals surface area contributed by atoms with Gasteiger partial charge < -0.3 is 9.73 Å². The average molecular weight is 329 g/mol. The van der Waals surface area contributed by atoms with Crippen molar-refractivity contribution in [1.29, 1.82) is 0 Å². The maximum atomic E-state index is 12.1. The van der Waals surface area contributed by atoms with Crippen LogP contribution >= 0.6 is 11.3 Å². The second kappa shape index (κ2) is 7.17. The first-order chi connectivity index (χ1) is 9.97. The summed E-state index contributed by atoms with van der Waals surface area (Å²) in [5.41, 5.74) is 0. The first-order valence-corrected chi connectivity index (χ1v) is 9.01. The third kappa shape index (κ3) is 4.92. The molecule has 21 heavy (non-hydrogen) atoms. The molecule has 0 fully saturated rings. The summed E-state index contributed by atoms with van der Waals surface area (Å²) in [5, 5.41) is 5.65. The molecule has 2 N–H and O–H groups in total. The van der Waals surface area contributed by atoms with Crippen molar-refractivity contribution in [1.82, 2.24) is 15.0 Å². The van der Waals surface area contributed by atoms with Crippen LogP contribution in [0.3, 0.4) is 0 Å². The lowest BCUT2D eigenvalue weighted by atomic mass is 10.2. The van der Waals surface area contributed by atoms with Crippen molar-refractivity contribution in [2.45, 2.75) is 32.0 Å². The lowest BCUT2D eigenvalue weighted by Crippen LogP contribution is -2.22. The van der Waals surface area contributed by atoms with E-state index in [-0.39, 0.29) is 11.6 Å². The maximum absolute atomic E-state index is 12.1. The molecule has 6 nitrogen and oxygen atoms in total. The van der Waals surface area contributed by atoms with Crippen LogP contribution in [0, 0.1) is 5.92 Å². The van der Waals surface area contributed by atoms with Gasteiger partial charge in [-0.1, -0.05) is 13.8 Å². The highest BCUT2D eigenvalue weighted by atomic mass is 32.2. The largest absolute Gasteiger partial charge is 0.447 e. The lowest BCUT2D eigenvalue weighted by Gasteiger charge is -2.05. The Morgan fingerprint density at radius 3 is 2.81 bits per heavy atom. The summed E-state index contributed by atoms with van der Waals surface area (Å²) in [7, 11) is -3.63. The summed E-state index contributed by atoms with van der Waals surface area (Å²) in [6.45, 7) is 5.74. The SMILES string of the molecule is CC(C)CNCc1ccc(S(=O)(=O)NCc2nccs2)o1. The van der Waals surface area contributed by atoms with Gasteiger partial charge in [0.15, 0.2) is 0 Å². The van der Waals surface area contributed by atoms with Gasteiger partial charge in [-0.15, -0.1) is 11.3 Å². The molecule has 0 saturated carbocycles. The van der Waals surface area contributed by atoms with Crippen molar-refractivity contribution in [3.05, 3.63) is 34.5 Å². The first kappa shape index (κ1) is 16.2. The van der Waals surface area contributed by atoms with E-state index < -0.39 is 10.0 Å². The van der Waals surface area contributed by atoms with Crippen LogP contribution in [0.2, 0.25) is 0 Å². The van der Waals surface area contributed by atoms with Gasteiger partial charge in [0.05, 0.1) is 13.1 Å². The first-order valence-electron chi connectivity index (χ1n) is 6.65. The third-order valence-corrected chi connectivity index (χ3v) is 4.70. The zero-order valence-electron chi connectivity index (χ0n) is 12.0. The van der Waals surface area contributed by atoms with Crippen molar-refractivity contribution < 1.29 is 12.8 Å². The molecule has 2 aromatic rings. The summed E-state index contributed by atoms with van der Waals surface area (Å²) < 4.78 is 32.0. The highest BCUT2D eigenvalue weighted by Gasteiger charge is 2.18. The van der Waals surface area contributed by atoms with Crippen molar-refractivity contribution in [2.24, 2.45) is 5.92 Å². The number of hydrogen-bond donors (Lipinski definition) is 2. The van der Waals surface area contributed by atoms with Gasteiger partial charge in [-0.05, 0) is 24.6 Å². The Bertz CT molecular complexity index is 648. The normalized spacial score (nSPS) is 12.1. The Morgan fingerprint density at radius 2 is 2.14 bits per heavy atom. The van der Waals surface area contributed by atoms with Gasteiger partial charge >= 0.3 is 0 Å². The predicted molar refractivity (Wildman–Crippen MR) is 81.4 cm³/mol. The number of rotatable bonds is 8. The number of nitrogens with one attached hydrogen (secondary N) is 2. The fourth-order valence-corrected chi connectivity index (χ4v) is 3.23. The number of furan rings is 1. The Labute approximate surface area is 128 Å². The maximum Gasteiger partial charge on any atom is 0.274 e. The van der Waals surface area contributed by atoms with Crippen LogP contribution in [0.25, 0.3) is 0 Å². The molecule has 116 valence electrons. The van der Waals surface area contributed by atoms with Crippen molar-refractivity contribution in [3.8, 4) is 0 Å². The molecular formula is C13H19N3O3S2. The topological polar surface area (TPSA) is 84.2 Å². The molecule has 2 aromatic heterocycles. The van der Waals surface area contributed by atoms with Crippen molar-refractivity contribution in [3.63, 3.8) is 0 Å². The fourth-order valence-electron chi connectivity index (χ4n) is 1.65. The van der Waals surface area contributed by atoms with Crippen LogP contribution in [0.4, 0.5) is 0 Å². The molecule has 0 aliphatic heterocycles. The van der Waals surface area contributed by atoms with Gasteiger partial charge in [0, 0.05) is 11.6 Å². The molecule has 0 unspecified atom stereocenters. The zero-order valence-corrected chi connectivity index (χ0v) is 13.6. The molecule has 0 aliphatic rings. The highest BCUT2D eigenvalue weighted by molar-refractivity contribution is 7.89. The standard InChI is InChI=1S/C13H19N3O3S2/c1-10(2)7-14-8-11-3-4-13(19-11)21(17,18)16-9-12-15-5-6-20-12/h3-6,10,14,16H,7-9H2,1-2H3. The van der Waals surface area contributed by atoms with Gasteiger partial charge in [-0.3, -0.25) is 0 Å². The number of aromatic nitrogens is 1. The number of sulfonamides is 1. The number of nitrogens with zero attached hydrogens (tertiary/aromatic N) is 1. The molecule has 0 amide bonds. The molecule has 2 heterocycles. The van der Waals surface area contributed by atoms with E-state index in [1.165, 1.54) is 17.4 Å². The monoisotopic (exact) mass is 329 g/mol. The minimum Gasteiger partial charge on any atom is -0.447 e. The second-order valence-electron chi connectivity index (χ2n) is 5.00. The van der Waals surface area contributed by atoms with E-state index in [1.54, 1.807) is 17.6 Å². The Morgan fingerprint density at radius 1 is 1.33 bits per heavy atom. The van der Waals surface area contributed by atoms with Crippen LogP contribution in [-0.2, 0) is 23.1 Å². The quantitative estimate of drug-likeness (QED) is 0.773. The Kier molecular flexibility index (Phi) is 5.51. The van der Waals surface area contributed by atoms with Crippen LogP contribution < -0.4 is 10.0 Å². The molecule has 8 heteroatoms. The van der Waals surface area contributed by atoms with E-state index in [1.807, 2.05) is 0 Å². The molecule has 0 bridgehead atoms. The minimum atomic E-state index is -3.63. The number of hydrogen-bond acceptors (Lipinski definition) is 6. The van der Waals surface area contributed by atoms with E-state index in [9.17, 15) is 8.42 Å². The van der Waals surface area contributed by atoms with E-state index in [2.05, 4.69) is 28.9 Å². The molecule has 0 aromatic carbocycles. The van der Waals surface area contributed by atoms with E-state index in [0.29, 0.717) is 23.2 Å². The highest BCUT2D eigenvalue weighted by Crippen LogP contribution is 2.14. The van der Waals surface area contributed by atoms with Crippen molar-refractivity contribution >= 4 is 21.4 Å². The van der Waals surface area contributed by atoms with E-state index >= 15 is 0 Å². The smallest absolute Gasteiger partial charge is 0.274 e. The zero-order chi connectivity index (χ0) is 15.3. The summed E-state index contributed by atoms with van der Waals surface area (Å²) in [5.74, 6) is 1.13. The second-order valence-corrected chi connectivity index (χ2v) is 7.67. The van der Waals surface area contributed by atoms with Crippen LogP contribution in [-0.4, -0.2) is 19.9 Å². The molecular weight excluding hydrogens is 310 g/mol. The Balaban J connectivity index is 1.92. The molecule has 0 saturated heterocycles. The minimum absolute atomic E-state index is 0.0691.